The molecule has 1 aromatic carbocycles. The molecule has 1 rings (SSSR count). The van der Waals surface area contributed by atoms with E-state index in [0.29, 0.717) is 0 Å². The SMILES string of the molecule is NOCc1cc(F)c(Cl)c(F)c1F. The summed E-state index contributed by atoms with van der Waals surface area (Å²) in [7, 11) is 0. The summed E-state index contributed by atoms with van der Waals surface area (Å²) in [5.41, 5.74) is -0.318. The Bertz CT molecular complexity index is 332. The van der Waals surface area contributed by atoms with E-state index in [4.69, 9.17) is 11.6 Å². The monoisotopic (exact) mass is 211 g/mol. The highest BCUT2D eigenvalue weighted by Crippen LogP contribution is 2.24. The number of nitrogens with two attached hydrogens (primary N) is 1. The second kappa shape index (κ2) is 3.95. The van der Waals surface area contributed by atoms with Gasteiger partial charge in [0.2, 0.25) is 0 Å². The second-order valence-corrected chi connectivity index (χ2v) is 2.65. The zero-order chi connectivity index (χ0) is 10.0. The van der Waals surface area contributed by atoms with Crippen molar-refractivity contribution in [1.82, 2.24) is 0 Å². The average Bonchev–Trinajstić information content (AvgIpc) is 2.11. The van der Waals surface area contributed by atoms with E-state index < -0.39 is 29.1 Å². The van der Waals surface area contributed by atoms with Gasteiger partial charge in [-0.15, -0.1) is 0 Å². The van der Waals surface area contributed by atoms with E-state index in [-0.39, 0.29) is 5.56 Å². The summed E-state index contributed by atoms with van der Waals surface area (Å²) in [6.45, 7) is -0.420. The Morgan fingerprint density at radius 1 is 1.31 bits per heavy atom. The van der Waals surface area contributed by atoms with Gasteiger partial charge >= 0.3 is 0 Å². The van der Waals surface area contributed by atoms with Crippen LogP contribution in [-0.2, 0) is 11.4 Å². The Balaban J connectivity index is 3.24. The van der Waals surface area contributed by atoms with E-state index in [1.807, 2.05) is 0 Å². The maximum absolute atomic E-state index is 12.9. The highest BCUT2D eigenvalue weighted by molar-refractivity contribution is 6.30. The zero-order valence-corrected chi connectivity index (χ0v) is 7.04. The molecule has 0 saturated heterocycles. The van der Waals surface area contributed by atoms with Crippen LogP contribution >= 0.6 is 11.6 Å². The maximum atomic E-state index is 12.9. The number of hydrogen-bond donors (Lipinski definition) is 1. The minimum atomic E-state index is -1.44. The van der Waals surface area contributed by atoms with Gasteiger partial charge in [0.05, 0.1) is 6.61 Å². The van der Waals surface area contributed by atoms with Gasteiger partial charge in [-0.25, -0.2) is 19.1 Å². The van der Waals surface area contributed by atoms with Crippen LogP contribution in [0.2, 0.25) is 5.02 Å². The van der Waals surface area contributed by atoms with E-state index in [2.05, 4.69) is 10.7 Å². The lowest BCUT2D eigenvalue weighted by molar-refractivity contribution is 0.120. The molecular formula is C7H5ClF3NO. The van der Waals surface area contributed by atoms with Crippen LogP contribution in [0.3, 0.4) is 0 Å². The summed E-state index contributed by atoms with van der Waals surface area (Å²) in [5, 5.41) is -0.877. The molecule has 0 aliphatic rings. The molecule has 0 unspecified atom stereocenters. The van der Waals surface area contributed by atoms with Crippen molar-refractivity contribution in [2.24, 2.45) is 5.90 Å². The van der Waals surface area contributed by atoms with Gasteiger partial charge < -0.3 is 0 Å². The molecule has 0 fully saturated rings. The lowest BCUT2D eigenvalue weighted by atomic mass is 10.2. The highest BCUT2D eigenvalue weighted by Gasteiger charge is 2.16. The minimum absolute atomic E-state index is 0.318. The topological polar surface area (TPSA) is 35.2 Å². The molecule has 6 heteroatoms. The predicted molar refractivity (Wildman–Crippen MR) is 40.3 cm³/mol. The van der Waals surface area contributed by atoms with Gasteiger partial charge in [-0.05, 0) is 6.07 Å². The third-order valence-electron chi connectivity index (χ3n) is 1.42. The van der Waals surface area contributed by atoms with Crippen LogP contribution in [0.1, 0.15) is 5.56 Å². The van der Waals surface area contributed by atoms with Gasteiger partial charge in [-0.2, -0.15) is 0 Å². The Labute approximate surface area is 77.0 Å². The fraction of sp³-hybridized carbons (Fsp3) is 0.143. The first kappa shape index (κ1) is 10.3. The summed E-state index contributed by atoms with van der Waals surface area (Å²) in [6.07, 6.45) is 0. The first-order valence-corrected chi connectivity index (χ1v) is 3.59. The van der Waals surface area contributed by atoms with Crippen molar-refractivity contribution in [1.29, 1.82) is 0 Å². The number of benzene rings is 1. The smallest absolute Gasteiger partial charge is 0.180 e. The Kier molecular flexibility index (Phi) is 3.13. The van der Waals surface area contributed by atoms with Gasteiger partial charge in [-0.3, -0.25) is 4.84 Å². The zero-order valence-electron chi connectivity index (χ0n) is 6.28. The fourth-order valence-electron chi connectivity index (χ4n) is 0.817. The molecule has 0 aromatic heterocycles. The van der Waals surface area contributed by atoms with Crippen molar-refractivity contribution in [3.63, 3.8) is 0 Å². The first-order valence-electron chi connectivity index (χ1n) is 3.21. The van der Waals surface area contributed by atoms with Gasteiger partial charge in [-0.1, -0.05) is 11.6 Å². The van der Waals surface area contributed by atoms with Crippen LogP contribution in [0.4, 0.5) is 13.2 Å². The van der Waals surface area contributed by atoms with Crippen molar-refractivity contribution >= 4 is 11.6 Å². The molecule has 1 aromatic rings. The van der Waals surface area contributed by atoms with Crippen molar-refractivity contribution in [2.75, 3.05) is 0 Å². The summed E-state index contributed by atoms with van der Waals surface area (Å²) in [4.78, 5) is 4.04. The molecule has 2 nitrogen and oxygen atoms in total. The standard InChI is InChI=1S/C7H5ClF3NO/c8-5-4(9)1-3(2-13-12)6(10)7(5)11/h1H,2,12H2. The summed E-state index contributed by atoms with van der Waals surface area (Å²) in [6, 6.07) is 0.730. The van der Waals surface area contributed by atoms with Crippen molar-refractivity contribution < 1.29 is 18.0 Å². The molecule has 0 saturated carbocycles. The van der Waals surface area contributed by atoms with E-state index in [0.717, 1.165) is 6.07 Å². The Morgan fingerprint density at radius 3 is 2.46 bits per heavy atom. The normalized spacial score (nSPS) is 10.5. The van der Waals surface area contributed by atoms with Crippen LogP contribution < -0.4 is 5.90 Å². The molecule has 0 atom stereocenters. The Morgan fingerprint density at radius 2 is 1.92 bits per heavy atom. The molecule has 0 spiro atoms. The second-order valence-electron chi connectivity index (χ2n) is 2.27. The van der Waals surface area contributed by atoms with E-state index >= 15 is 0 Å². The fourth-order valence-corrected chi connectivity index (χ4v) is 0.954. The van der Waals surface area contributed by atoms with Crippen molar-refractivity contribution in [3.05, 3.63) is 34.1 Å². The molecule has 2 N–H and O–H groups in total. The molecule has 0 aliphatic heterocycles. The predicted octanol–water partition coefficient (Wildman–Crippen LogP) is 2.15. The average molecular weight is 212 g/mol. The highest BCUT2D eigenvalue weighted by atomic mass is 35.5. The summed E-state index contributed by atoms with van der Waals surface area (Å²) in [5.74, 6) is 0.885. The van der Waals surface area contributed by atoms with E-state index in [1.165, 1.54) is 0 Å². The van der Waals surface area contributed by atoms with Crippen LogP contribution in [0.15, 0.2) is 6.07 Å². The molecule has 13 heavy (non-hydrogen) atoms. The molecule has 0 amide bonds. The van der Waals surface area contributed by atoms with Gasteiger partial charge in [0.25, 0.3) is 0 Å². The molecule has 0 radical (unpaired) electrons. The summed E-state index contributed by atoms with van der Waals surface area (Å²) < 4.78 is 38.3. The summed E-state index contributed by atoms with van der Waals surface area (Å²) >= 11 is 5.09. The first-order chi connectivity index (χ1) is 6.07. The molecule has 0 heterocycles. The van der Waals surface area contributed by atoms with Gasteiger partial charge in [0.15, 0.2) is 11.6 Å². The molecule has 0 aliphatic carbocycles. The van der Waals surface area contributed by atoms with E-state index in [9.17, 15) is 13.2 Å². The van der Waals surface area contributed by atoms with Crippen molar-refractivity contribution in [3.8, 4) is 0 Å². The maximum Gasteiger partial charge on any atom is 0.180 e. The molecule has 72 valence electrons. The number of hydrogen-bond acceptors (Lipinski definition) is 2. The number of halogens is 4. The van der Waals surface area contributed by atoms with Crippen LogP contribution in [0, 0.1) is 17.5 Å². The van der Waals surface area contributed by atoms with Crippen LogP contribution in [-0.4, -0.2) is 0 Å². The lowest BCUT2D eigenvalue weighted by Gasteiger charge is -2.04. The Hall–Kier alpha value is -0.780. The molecular weight excluding hydrogens is 207 g/mol. The molecule has 0 bridgehead atoms. The van der Waals surface area contributed by atoms with Crippen molar-refractivity contribution in [2.45, 2.75) is 6.61 Å². The largest absolute Gasteiger partial charge is 0.300 e. The van der Waals surface area contributed by atoms with E-state index in [1.54, 1.807) is 0 Å². The lowest BCUT2D eigenvalue weighted by Crippen LogP contribution is -2.04. The third kappa shape index (κ3) is 1.93. The van der Waals surface area contributed by atoms with Gasteiger partial charge in [0.1, 0.15) is 10.8 Å². The van der Waals surface area contributed by atoms with Gasteiger partial charge in [0, 0.05) is 5.56 Å². The minimum Gasteiger partial charge on any atom is -0.300 e. The van der Waals surface area contributed by atoms with Crippen LogP contribution in [0.5, 0.6) is 0 Å². The third-order valence-corrected chi connectivity index (χ3v) is 1.76. The van der Waals surface area contributed by atoms with Crippen LogP contribution in [0.25, 0.3) is 0 Å². The number of rotatable bonds is 2. The quantitative estimate of drug-likeness (QED) is 0.462.